The van der Waals surface area contributed by atoms with Gasteiger partial charge in [-0.05, 0) is 18.2 Å². The molecule has 0 saturated carbocycles. The molecule has 2 atom stereocenters. The molecule has 80 valence electrons. The maximum Gasteiger partial charge on any atom is 0.245 e. The molecule has 0 bridgehead atoms. The quantitative estimate of drug-likeness (QED) is 0.524. The van der Waals surface area contributed by atoms with Crippen LogP contribution in [0, 0.1) is 0 Å². The van der Waals surface area contributed by atoms with Crippen LogP contribution in [0.15, 0.2) is 55.6 Å². The second-order valence-electron chi connectivity index (χ2n) is 3.59. The van der Waals surface area contributed by atoms with E-state index in [1.807, 2.05) is 42.5 Å². The average molecular weight is 218 g/mol. The first-order valence-electron chi connectivity index (χ1n) is 5.23. The number of benzene rings is 1. The number of allylic oxidation sites excluding steroid dienone is 2. The Labute approximate surface area is 93.8 Å². The monoisotopic (exact) mass is 218 g/mol. The summed E-state index contributed by atoms with van der Waals surface area (Å²) in [5, 5.41) is 0. The molecule has 0 aliphatic carbocycles. The van der Waals surface area contributed by atoms with Crippen molar-refractivity contribution in [3.8, 4) is 5.75 Å². The zero-order valence-electron chi connectivity index (χ0n) is 9.23. The van der Waals surface area contributed by atoms with Gasteiger partial charge in [0.25, 0.3) is 0 Å². The van der Waals surface area contributed by atoms with E-state index < -0.39 is 9.04 Å². The van der Waals surface area contributed by atoms with Crippen LogP contribution < -0.4 is 4.43 Å². The summed E-state index contributed by atoms with van der Waals surface area (Å²) in [6.45, 7) is 9.77. The smallest absolute Gasteiger partial charge is 0.245 e. The van der Waals surface area contributed by atoms with Crippen LogP contribution in [-0.2, 0) is 0 Å². The predicted octanol–water partition coefficient (Wildman–Crippen LogP) is 3.55. The van der Waals surface area contributed by atoms with E-state index >= 15 is 0 Å². The van der Waals surface area contributed by atoms with Crippen molar-refractivity contribution in [3.63, 3.8) is 0 Å². The van der Waals surface area contributed by atoms with Gasteiger partial charge in [-0.2, -0.15) is 0 Å². The Morgan fingerprint density at radius 2 is 2.00 bits per heavy atom. The van der Waals surface area contributed by atoms with E-state index in [1.54, 1.807) is 0 Å². The summed E-state index contributed by atoms with van der Waals surface area (Å²) in [4.78, 5) is 0. The van der Waals surface area contributed by atoms with Crippen molar-refractivity contribution in [1.82, 2.24) is 0 Å². The molecule has 1 aromatic carbocycles. The molecule has 15 heavy (non-hydrogen) atoms. The third-order valence-corrected chi connectivity index (χ3v) is 5.21. The Morgan fingerprint density at radius 1 is 1.33 bits per heavy atom. The van der Waals surface area contributed by atoms with E-state index in [-0.39, 0.29) is 0 Å². The van der Waals surface area contributed by atoms with Crippen LogP contribution in [0.4, 0.5) is 0 Å². The molecule has 0 aliphatic rings. The van der Waals surface area contributed by atoms with Gasteiger partial charge in [-0.3, -0.25) is 0 Å². The summed E-state index contributed by atoms with van der Waals surface area (Å²) >= 11 is 0. The zero-order chi connectivity index (χ0) is 11.1. The molecule has 0 N–H and O–H groups in total. The maximum absolute atomic E-state index is 6.00. The Kier molecular flexibility index (Phi) is 4.91. The highest BCUT2D eigenvalue weighted by Crippen LogP contribution is 2.19. The maximum atomic E-state index is 6.00. The Hall–Kier alpha value is -1.28. The van der Waals surface area contributed by atoms with Gasteiger partial charge >= 0.3 is 0 Å². The largest absolute Gasteiger partial charge is 0.546 e. The topological polar surface area (TPSA) is 9.23 Å². The Bertz CT molecular complexity index is 308. The highest BCUT2D eigenvalue weighted by Gasteiger charge is 2.17. The van der Waals surface area contributed by atoms with Gasteiger partial charge in [0, 0.05) is 5.54 Å². The van der Waals surface area contributed by atoms with Crippen molar-refractivity contribution in [2.45, 2.75) is 18.5 Å². The lowest BCUT2D eigenvalue weighted by Gasteiger charge is -2.20. The molecule has 2 unspecified atom stereocenters. The summed E-state index contributed by atoms with van der Waals surface area (Å²) in [6, 6.07) is 11.0. The van der Waals surface area contributed by atoms with Crippen molar-refractivity contribution < 1.29 is 4.43 Å². The Morgan fingerprint density at radius 3 is 2.53 bits per heavy atom. The minimum Gasteiger partial charge on any atom is -0.546 e. The lowest BCUT2D eigenvalue weighted by Crippen LogP contribution is -2.24. The van der Waals surface area contributed by atoms with E-state index in [0.717, 1.165) is 11.8 Å². The lowest BCUT2D eigenvalue weighted by molar-refractivity contribution is 0.560. The molecule has 0 aromatic heterocycles. The molecule has 1 aromatic rings. The Balaban J connectivity index is 2.66. The van der Waals surface area contributed by atoms with Gasteiger partial charge in [0.2, 0.25) is 9.04 Å². The van der Waals surface area contributed by atoms with Gasteiger partial charge in [0.05, 0.1) is 0 Å². The van der Waals surface area contributed by atoms with Crippen LogP contribution >= 0.6 is 0 Å². The highest BCUT2D eigenvalue weighted by atomic mass is 28.3. The van der Waals surface area contributed by atoms with Crippen LogP contribution in [0.25, 0.3) is 0 Å². The minimum absolute atomic E-state index is 0.461. The number of para-hydroxylation sites is 1. The molecule has 1 rings (SSSR count). The summed E-state index contributed by atoms with van der Waals surface area (Å²) in [7, 11) is -1.29. The fourth-order valence-electron chi connectivity index (χ4n) is 1.36. The zero-order valence-corrected chi connectivity index (χ0v) is 10.4. The van der Waals surface area contributed by atoms with Gasteiger partial charge in [-0.15, -0.1) is 13.2 Å². The van der Waals surface area contributed by atoms with Gasteiger partial charge in [0.1, 0.15) is 5.75 Å². The van der Waals surface area contributed by atoms with Gasteiger partial charge in [0.15, 0.2) is 0 Å². The number of hydrogen-bond acceptors (Lipinski definition) is 1. The fraction of sp³-hybridized carbons (Fsp3) is 0.231. The second kappa shape index (κ2) is 6.25. The summed E-state index contributed by atoms with van der Waals surface area (Å²) < 4.78 is 6.00. The van der Waals surface area contributed by atoms with E-state index in [0.29, 0.717) is 5.54 Å². The molecular formula is C13H18OSi. The summed E-state index contributed by atoms with van der Waals surface area (Å²) in [5.74, 6) is 0.963. The third-order valence-electron chi connectivity index (χ3n) is 2.39. The molecule has 2 heteroatoms. The first-order chi connectivity index (χ1) is 7.27. The van der Waals surface area contributed by atoms with Crippen LogP contribution in [0.1, 0.15) is 6.92 Å². The number of hydrogen-bond donors (Lipinski definition) is 0. The third kappa shape index (κ3) is 3.76. The SMILES string of the molecule is C=CC[SiH](Oc1ccccc1)C(C)C=C. The van der Waals surface area contributed by atoms with E-state index in [1.165, 1.54) is 0 Å². The number of rotatable bonds is 6. The van der Waals surface area contributed by atoms with Crippen LogP contribution in [0.5, 0.6) is 5.75 Å². The van der Waals surface area contributed by atoms with Crippen molar-refractivity contribution in [1.29, 1.82) is 0 Å². The molecular weight excluding hydrogens is 200 g/mol. The lowest BCUT2D eigenvalue weighted by atomic mass is 10.3. The van der Waals surface area contributed by atoms with Crippen molar-refractivity contribution in [2.24, 2.45) is 0 Å². The van der Waals surface area contributed by atoms with Crippen LogP contribution in [-0.4, -0.2) is 9.04 Å². The standard InChI is InChI=1S/C13H18OSi/c1-4-11-15(12(3)5-2)14-13-9-7-6-8-10-13/h4-10,12,15H,1-2,11H2,3H3. The second-order valence-corrected chi connectivity index (χ2v) is 6.42. The summed E-state index contributed by atoms with van der Waals surface area (Å²) in [6.07, 6.45) is 3.92. The van der Waals surface area contributed by atoms with E-state index in [2.05, 4.69) is 20.1 Å². The van der Waals surface area contributed by atoms with Crippen molar-refractivity contribution >= 4 is 9.04 Å². The van der Waals surface area contributed by atoms with E-state index in [4.69, 9.17) is 4.43 Å². The first-order valence-corrected chi connectivity index (χ1v) is 7.18. The van der Waals surface area contributed by atoms with Crippen molar-refractivity contribution in [2.75, 3.05) is 0 Å². The fourth-order valence-corrected chi connectivity index (χ4v) is 3.24. The predicted molar refractivity (Wildman–Crippen MR) is 68.8 cm³/mol. The highest BCUT2D eigenvalue weighted by molar-refractivity contribution is 6.55. The van der Waals surface area contributed by atoms with Gasteiger partial charge in [-0.25, -0.2) is 0 Å². The normalized spacial score (nSPS) is 13.9. The first kappa shape index (κ1) is 11.8. The van der Waals surface area contributed by atoms with Crippen molar-refractivity contribution in [3.05, 3.63) is 55.6 Å². The molecule has 0 heterocycles. The molecule has 0 fully saturated rings. The van der Waals surface area contributed by atoms with Crippen LogP contribution in [0.2, 0.25) is 11.6 Å². The molecule has 0 radical (unpaired) electrons. The molecule has 0 saturated heterocycles. The molecule has 0 aliphatic heterocycles. The van der Waals surface area contributed by atoms with Gasteiger partial charge in [-0.1, -0.05) is 37.3 Å². The van der Waals surface area contributed by atoms with E-state index in [9.17, 15) is 0 Å². The molecule has 0 amide bonds. The molecule has 1 nitrogen and oxygen atoms in total. The summed E-state index contributed by atoms with van der Waals surface area (Å²) in [5.41, 5.74) is 0.461. The average Bonchev–Trinajstić information content (AvgIpc) is 2.29. The molecule has 0 spiro atoms. The van der Waals surface area contributed by atoms with Crippen LogP contribution in [0.3, 0.4) is 0 Å². The van der Waals surface area contributed by atoms with Gasteiger partial charge < -0.3 is 4.43 Å². The minimum atomic E-state index is -1.29.